The molecule has 0 saturated heterocycles. The minimum Gasteiger partial charge on any atom is -0.320 e. The molecular formula is C9H17N3. The van der Waals surface area contributed by atoms with E-state index in [2.05, 4.69) is 17.3 Å². The molecule has 3 nitrogen and oxygen atoms in total. The highest BCUT2D eigenvalue weighted by molar-refractivity contribution is 4.81. The van der Waals surface area contributed by atoms with Gasteiger partial charge in [-0.2, -0.15) is 5.10 Å². The van der Waals surface area contributed by atoms with Crippen LogP contribution in [0.15, 0.2) is 18.5 Å². The Morgan fingerprint density at radius 1 is 1.58 bits per heavy atom. The first-order chi connectivity index (χ1) is 5.88. The van der Waals surface area contributed by atoms with Crippen molar-refractivity contribution in [3.05, 3.63) is 18.5 Å². The summed E-state index contributed by atoms with van der Waals surface area (Å²) in [4.78, 5) is 0. The lowest BCUT2D eigenvalue weighted by molar-refractivity contribution is 0.408. The van der Waals surface area contributed by atoms with E-state index in [9.17, 15) is 0 Å². The first-order valence-electron chi connectivity index (χ1n) is 4.52. The molecule has 0 fully saturated rings. The van der Waals surface area contributed by atoms with Gasteiger partial charge in [-0.3, -0.25) is 4.68 Å². The summed E-state index contributed by atoms with van der Waals surface area (Å²) in [5, 5.41) is 7.38. The quantitative estimate of drug-likeness (QED) is 0.719. The summed E-state index contributed by atoms with van der Waals surface area (Å²) in [5.41, 5.74) is 0. The van der Waals surface area contributed by atoms with Crippen molar-refractivity contribution in [3.63, 3.8) is 0 Å². The highest BCUT2D eigenvalue weighted by Gasteiger charge is 2.06. The van der Waals surface area contributed by atoms with Gasteiger partial charge in [0.15, 0.2) is 0 Å². The second-order valence-corrected chi connectivity index (χ2v) is 2.94. The molecule has 1 rings (SSSR count). The van der Waals surface area contributed by atoms with Crippen LogP contribution in [0.2, 0.25) is 0 Å². The van der Waals surface area contributed by atoms with E-state index in [0.717, 1.165) is 19.4 Å². The van der Waals surface area contributed by atoms with Gasteiger partial charge in [0.2, 0.25) is 0 Å². The van der Waals surface area contributed by atoms with Crippen molar-refractivity contribution in [2.24, 2.45) is 0 Å². The molecule has 1 N–H and O–H groups in total. The first-order valence-corrected chi connectivity index (χ1v) is 4.52. The van der Waals surface area contributed by atoms with E-state index in [0.29, 0.717) is 6.04 Å². The zero-order valence-corrected chi connectivity index (χ0v) is 7.83. The minimum absolute atomic E-state index is 0.549. The number of hydrogen-bond donors (Lipinski definition) is 1. The fourth-order valence-electron chi connectivity index (χ4n) is 1.33. The second-order valence-electron chi connectivity index (χ2n) is 2.94. The fourth-order valence-corrected chi connectivity index (χ4v) is 1.33. The third-order valence-corrected chi connectivity index (χ3v) is 2.10. The van der Waals surface area contributed by atoms with Crippen molar-refractivity contribution in [1.82, 2.24) is 15.1 Å². The molecule has 1 aromatic rings. The van der Waals surface area contributed by atoms with E-state index < -0.39 is 0 Å². The summed E-state index contributed by atoms with van der Waals surface area (Å²) >= 11 is 0. The molecule has 0 radical (unpaired) electrons. The van der Waals surface area contributed by atoms with Gasteiger partial charge in [-0.05, 0) is 32.5 Å². The molecule has 1 aromatic heterocycles. The number of nitrogens with zero attached hydrogens (tertiary/aromatic N) is 2. The molecule has 0 amide bonds. The Morgan fingerprint density at radius 2 is 2.42 bits per heavy atom. The third-order valence-electron chi connectivity index (χ3n) is 2.10. The monoisotopic (exact) mass is 167 g/mol. The van der Waals surface area contributed by atoms with Crippen molar-refractivity contribution in [3.8, 4) is 0 Å². The third kappa shape index (κ3) is 2.34. The van der Waals surface area contributed by atoms with Crippen LogP contribution < -0.4 is 5.32 Å². The molecule has 0 saturated carbocycles. The molecule has 0 aliphatic heterocycles. The summed E-state index contributed by atoms with van der Waals surface area (Å²) in [7, 11) is 1.98. The normalized spacial score (nSPS) is 13.2. The predicted molar refractivity (Wildman–Crippen MR) is 50.1 cm³/mol. The Hall–Kier alpha value is -0.830. The zero-order chi connectivity index (χ0) is 8.81. The van der Waals surface area contributed by atoms with Gasteiger partial charge in [0.05, 0.1) is 6.04 Å². The van der Waals surface area contributed by atoms with Crippen molar-refractivity contribution >= 4 is 0 Å². The van der Waals surface area contributed by atoms with Crippen molar-refractivity contribution in [2.75, 3.05) is 13.6 Å². The molecule has 68 valence electrons. The predicted octanol–water partition coefficient (Wildman–Crippen LogP) is 1.44. The van der Waals surface area contributed by atoms with Crippen LogP contribution in [0.1, 0.15) is 25.8 Å². The van der Waals surface area contributed by atoms with Crippen molar-refractivity contribution < 1.29 is 0 Å². The molecule has 0 aromatic carbocycles. The molecule has 0 aliphatic carbocycles. The minimum atomic E-state index is 0.549. The number of nitrogens with one attached hydrogen (secondary N) is 1. The van der Waals surface area contributed by atoms with Crippen LogP contribution in [0.5, 0.6) is 0 Å². The van der Waals surface area contributed by atoms with Crippen LogP contribution in [-0.2, 0) is 0 Å². The summed E-state index contributed by atoms with van der Waals surface area (Å²) in [6.45, 7) is 3.25. The van der Waals surface area contributed by atoms with Crippen LogP contribution in [0.3, 0.4) is 0 Å². The molecule has 0 aliphatic rings. The molecule has 12 heavy (non-hydrogen) atoms. The molecule has 1 heterocycles. The largest absolute Gasteiger partial charge is 0.320 e. The average molecular weight is 167 g/mol. The lowest BCUT2D eigenvalue weighted by Gasteiger charge is -2.14. The van der Waals surface area contributed by atoms with Gasteiger partial charge in [0.1, 0.15) is 0 Å². The van der Waals surface area contributed by atoms with Crippen LogP contribution in [0.4, 0.5) is 0 Å². The van der Waals surface area contributed by atoms with E-state index in [1.54, 1.807) is 0 Å². The molecule has 1 unspecified atom stereocenters. The van der Waals surface area contributed by atoms with Gasteiger partial charge in [0, 0.05) is 12.4 Å². The first kappa shape index (κ1) is 9.26. The Balaban J connectivity index is 2.45. The van der Waals surface area contributed by atoms with Crippen LogP contribution in [-0.4, -0.2) is 23.4 Å². The van der Waals surface area contributed by atoms with Gasteiger partial charge in [-0.1, -0.05) is 6.92 Å². The lowest BCUT2D eigenvalue weighted by Crippen LogP contribution is -2.16. The highest BCUT2D eigenvalue weighted by atomic mass is 15.3. The van der Waals surface area contributed by atoms with Gasteiger partial charge in [-0.25, -0.2) is 0 Å². The van der Waals surface area contributed by atoms with Crippen LogP contribution in [0.25, 0.3) is 0 Å². The molecule has 3 heteroatoms. The zero-order valence-electron chi connectivity index (χ0n) is 7.83. The number of rotatable bonds is 5. The van der Waals surface area contributed by atoms with E-state index in [1.165, 1.54) is 0 Å². The molecular weight excluding hydrogens is 150 g/mol. The lowest BCUT2D eigenvalue weighted by atomic mass is 10.1. The number of hydrogen-bond acceptors (Lipinski definition) is 2. The smallest absolute Gasteiger partial charge is 0.0528 e. The highest BCUT2D eigenvalue weighted by Crippen LogP contribution is 2.12. The van der Waals surface area contributed by atoms with E-state index >= 15 is 0 Å². The fraction of sp³-hybridized carbons (Fsp3) is 0.667. The van der Waals surface area contributed by atoms with E-state index in [-0.39, 0.29) is 0 Å². The van der Waals surface area contributed by atoms with Gasteiger partial charge < -0.3 is 5.32 Å². The van der Waals surface area contributed by atoms with Crippen molar-refractivity contribution in [2.45, 2.75) is 25.8 Å². The van der Waals surface area contributed by atoms with Crippen LogP contribution >= 0.6 is 0 Å². The summed E-state index contributed by atoms with van der Waals surface area (Å²) in [6.07, 6.45) is 6.16. The van der Waals surface area contributed by atoms with Gasteiger partial charge >= 0.3 is 0 Å². The Kier molecular flexibility index (Phi) is 3.80. The van der Waals surface area contributed by atoms with Crippen LogP contribution in [0, 0.1) is 0 Å². The summed E-state index contributed by atoms with van der Waals surface area (Å²) < 4.78 is 2.04. The Labute approximate surface area is 73.8 Å². The molecule has 1 atom stereocenters. The van der Waals surface area contributed by atoms with E-state index in [4.69, 9.17) is 0 Å². The van der Waals surface area contributed by atoms with Gasteiger partial charge in [-0.15, -0.1) is 0 Å². The van der Waals surface area contributed by atoms with E-state index in [1.807, 2.05) is 30.2 Å². The number of aromatic nitrogens is 2. The molecule has 0 spiro atoms. The Morgan fingerprint density at radius 3 is 2.92 bits per heavy atom. The summed E-state index contributed by atoms with van der Waals surface area (Å²) in [5.74, 6) is 0. The topological polar surface area (TPSA) is 29.9 Å². The maximum atomic E-state index is 4.23. The Bertz CT molecular complexity index is 194. The maximum absolute atomic E-state index is 4.23. The second kappa shape index (κ2) is 4.93. The standard InChI is InChI=1S/C9H17N3/c1-3-9(5-7-10-2)12-8-4-6-11-12/h4,6,8-10H,3,5,7H2,1-2H3. The van der Waals surface area contributed by atoms with Gasteiger partial charge in [0.25, 0.3) is 0 Å². The SMILES string of the molecule is CCC(CCNC)n1cccn1. The van der Waals surface area contributed by atoms with Crippen molar-refractivity contribution in [1.29, 1.82) is 0 Å². The average Bonchev–Trinajstić information content (AvgIpc) is 2.59. The maximum Gasteiger partial charge on any atom is 0.0528 e. The summed E-state index contributed by atoms with van der Waals surface area (Å²) in [6, 6.07) is 2.52. The molecule has 0 bridgehead atoms.